The molecule has 0 spiro atoms. The topological polar surface area (TPSA) is 153 Å². The van der Waals surface area contributed by atoms with Crippen molar-refractivity contribution >= 4 is 18.3 Å². The van der Waals surface area contributed by atoms with E-state index < -0.39 is 11.3 Å². The Morgan fingerprint density at radius 3 is 2.56 bits per heavy atom. The van der Waals surface area contributed by atoms with Gasteiger partial charge >= 0.3 is 0 Å². The molecule has 0 aliphatic rings. The van der Waals surface area contributed by atoms with Gasteiger partial charge in [0.05, 0.1) is 19.9 Å². The number of amides is 1. The summed E-state index contributed by atoms with van der Waals surface area (Å²) < 4.78 is 10.7. The fourth-order valence-corrected chi connectivity index (χ4v) is 3.13. The Hall–Kier alpha value is -4.34. The lowest BCUT2D eigenvalue weighted by Gasteiger charge is -2.23. The molecule has 10 nitrogen and oxygen atoms in total. The van der Waals surface area contributed by atoms with E-state index >= 15 is 0 Å². The number of hydrogen-bond acceptors (Lipinski definition) is 8. The number of hydrogen-bond donors (Lipinski definition) is 5. The standard InChI is InChI=1S/C24H27N5O5/c1-24(2,10-11-34-19-9-4-6-15(13-25)21(19)30)20-12-17(27-28-20)23(32)29-26-14-16-7-5-8-18(33-3)22(16)31/h4-9,12-14,25,30-31H,10-11H2,1-3H3,(H,27,28)(H,29,32)/b25-13?,26-14+. The molecule has 0 fully saturated rings. The summed E-state index contributed by atoms with van der Waals surface area (Å²) in [5.41, 5.74) is 3.64. The summed E-state index contributed by atoms with van der Waals surface area (Å²) in [6.07, 6.45) is 2.94. The fraction of sp³-hybridized carbons (Fsp3) is 0.250. The molecule has 0 radical (unpaired) electrons. The third-order valence-corrected chi connectivity index (χ3v) is 5.33. The minimum absolute atomic E-state index is 0.0707. The molecule has 34 heavy (non-hydrogen) atoms. The van der Waals surface area contributed by atoms with E-state index in [4.69, 9.17) is 14.9 Å². The van der Waals surface area contributed by atoms with Crippen molar-refractivity contribution < 1.29 is 24.5 Å². The molecule has 0 unspecified atom stereocenters. The van der Waals surface area contributed by atoms with Gasteiger partial charge in [0.15, 0.2) is 28.7 Å². The van der Waals surface area contributed by atoms with Crippen LogP contribution < -0.4 is 14.9 Å². The minimum Gasteiger partial charge on any atom is -0.504 e. The maximum absolute atomic E-state index is 12.4. The van der Waals surface area contributed by atoms with E-state index in [9.17, 15) is 15.0 Å². The molecule has 0 saturated carbocycles. The Balaban J connectivity index is 1.59. The van der Waals surface area contributed by atoms with Crippen LogP contribution in [0.5, 0.6) is 23.0 Å². The lowest BCUT2D eigenvalue weighted by molar-refractivity contribution is 0.0950. The van der Waals surface area contributed by atoms with Crippen molar-refractivity contribution in [2.24, 2.45) is 5.10 Å². The molecule has 0 bridgehead atoms. The number of carbonyl (C=O) groups excluding carboxylic acids is 1. The Kier molecular flexibility index (Phi) is 7.52. The minimum atomic E-state index is -0.512. The lowest BCUT2D eigenvalue weighted by Crippen LogP contribution is -2.21. The SMILES string of the molecule is COc1cccc(/C=N/NC(=O)c2cc(C(C)(C)CCOc3cccc(C=N)c3O)[nH]n2)c1O. The normalized spacial score (nSPS) is 11.4. The van der Waals surface area contributed by atoms with E-state index in [1.807, 2.05) is 13.8 Å². The maximum atomic E-state index is 12.4. The number of rotatable bonds is 10. The summed E-state index contributed by atoms with van der Waals surface area (Å²) in [6, 6.07) is 11.5. The van der Waals surface area contributed by atoms with Gasteiger partial charge in [0.1, 0.15) is 0 Å². The fourth-order valence-electron chi connectivity index (χ4n) is 3.13. The van der Waals surface area contributed by atoms with Crippen LogP contribution in [-0.4, -0.2) is 52.5 Å². The molecular weight excluding hydrogens is 438 g/mol. The molecule has 3 aromatic rings. The second-order valence-corrected chi connectivity index (χ2v) is 8.08. The van der Waals surface area contributed by atoms with Crippen molar-refractivity contribution in [2.75, 3.05) is 13.7 Å². The van der Waals surface area contributed by atoms with E-state index in [0.29, 0.717) is 35.7 Å². The average molecular weight is 466 g/mol. The molecule has 1 heterocycles. The summed E-state index contributed by atoms with van der Waals surface area (Å²) in [7, 11) is 1.44. The van der Waals surface area contributed by atoms with Gasteiger partial charge in [-0.3, -0.25) is 9.89 Å². The van der Waals surface area contributed by atoms with E-state index in [1.54, 1.807) is 42.5 Å². The quantitative estimate of drug-likeness (QED) is 0.229. The molecule has 10 heteroatoms. The number of aromatic nitrogens is 2. The summed E-state index contributed by atoms with van der Waals surface area (Å²) in [6.45, 7) is 4.25. The van der Waals surface area contributed by atoms with E-state index in [2.05, 4.69) is 20.7 Å². The molecule has 1 amide bonds. The molecule has 0 atom stereocenters. The smallest absolute Gasteiger partial charge is 0.291 e. The second-order valence-electron chi connectivity index (χ2n) is 8.08. The van der Waals surface area contributed by atoms with Gasteiger partial charge in [-0.15, -0.1) is 0 Å². The zero-order chi connectivity index (χ0) is 24.7. The van der Waals surface area contributed by atoms with Crippen LogP contribution in [0.25, 0.3) is 0 Å². The van der Waals surface area contributed by atoms with Gasteiger partial charge in [-0.05, 0) is 36.8 Å². The first-order valence-electron chi connectivity index (χ1n) is 10.5. The molecule has 3 rings (SSSR count). The highest BCUT2D eigenvalue weighted by Gasteiger charge is 2.25. The van der Waals surface area contributed by atoms with E-state index in [1.165, 1.54) is 13.3 Å². The number of nitrogens with one attached hydrogen (secondary N) is 3. The third kappa shape index (κ3) is 5.52. The third-order valence-electron chi connectivity index (χ3n) is 5.33. The number of aromatic hydroxyl groups is 2. The first-order valence-corrected chi connectivity index (χ1v) is 10.5. The van der Waals surface area contributed by atoms with Gasteiger partial charge in [-0.2, -0.15) is 10.2 Å². The number of H-pyrrole nitrogens is 1. The van der Waals surface area contributed by atoms with E-state index in [-0.39, 0.29) is 17.2 Å². The summed E-state index contributed by atoms with van der Waals surface area (Å²) in [4.78, 5) is 12.4. The molecule has 5 N–H and O–H groups in total. The monoisotopic (exact) mass is 465 g/mol. The Morgan fingerprint density at radius 1 is 1.18 bits per heavy atom. The Morgan fingerprint density at radius 2 is 1.85 bits per heavy atom. The van der Waals surface area contributed by atoms with Gasteiger partial charge in [0.2, 0.25) is 0 Å². The predicted octanol–water partition coefficient (Wildman–Crippen LogP) is 3.34. The van der Waals surface area contributed by atoms with Crippen LogP contribution in [0.1, 0.15) is 47.6 Å². The summed E-state index contributed by atoms with van der Waals surface area (Å²) in [5.74, 6) is -0.0513. The number of nitrogens with zero attached hydrogens (tertiary/aromatic N) is 2. The second kappa shape index (κ2) is 10.5. The molecular formula is C24H27N5O5. The molecule has 178 valence electrons. The van der Waals surface area contributed by atoms with Crippen LogP contribution in [0.4, 0.5) is 0 Å². The number of carbonyl (C=O) groups is 1. The predicted molar refractivity (Wildman–Crippen MR) is 127 cm³/mol. The van der Waals surface area contributed by atoms with Crippen LogP contribution >= 0.6 is 0 Å². The van der Waals surface area contributed by atoms with E-state index in [0.717, 1.165) is 11.9 Å². The zero-order valence-electron chi connectivity index (χ0n) is 19.1. The van der Waals surface area contributed by atoms with Gasteiger partial charge < -0.3 is 25.1 Å². The zero-order valence-corrected chi connectivity index (χ0v) is 19.1. The van der Waals surface area contributed by atoms with Crippen molar-refractivity contribution in [3.63, 3.8) is 0 Å². The molecule has 2 aromatic carbocycles. The van der Waals surface area contributed by atoms with Crippen LogP contribution in [0.2, 0.25) is 0 Å². The number of aromatic amines is 1. The number of benzene rings is 2. The highest BCUT2D eigenvalue weighted by Crippen LogP contribution is 2.31. The average Bonchev–Trinajstić information content (AvgIpc) is 3.33. The molecule has 1 aromatic heterocycles. The number of hydrazone groups is 1. The maximum Gasteiger partial charge on any atom is 0.291 e. The first kappa shape index (κ1) is 24.3. The van der Waals surface area contributed by atoms with Crippen molar-refractivity contribution in [1.29, 1.82) is 5.41 Å². The Bertz CT molecular complexity index is 1200. The highest BCUT2D eigenvalue weighted by molar-refractivity contribution is 5.93. The van der Waals surface area contributed by atoms with Crippen molar-refractivity contribution in [2.45, 2.75) is 25.7 Å². The van der Waals surface area contributed by atoms with Gasteiger partial charge in [0.25, 0.3) is 5.91 Å². The van der Waals surface area contributed by atoms with Crippen LogP contribution in [0, 0.1) is 5.41 Å². The van der Waals surface area contributed by atoms with Crippen molar-refractivity contribution in [3.05, 3.63) is 65.0 Å². The van der Waals surface area contributed by atoms with Gasteiger partial charge in [-0.1, -0.05) is 26.0 Å². The number of methoxy groups -OCH3 is 1. The van der Waals surface area contributed by atoms with Gasteiger partial charge in [0, 0.05) is 28.5 Å². The Labute approximate surface area is 196 Å². The largest absolute Gasteiger partial charge is 0.504 e. The van der Waals surface area contributed by atoms with Crippen LogP contribution in [0.15, 0.2) is 47.6 Å². The van der Waals surface area contributed by atoms with Crippen LogP contribution in [-0.2, 0) is 5.41 Å². The molecule has 0 aliphatic heterocycles. The lowest BCUT2D eigenvalue weighted by atomic mass is 9.86. The number of phenolic OH excluding ortho intramolecular Hbond substituents is 2. The number of para-hydroxylation sites is 2. The number of ether oxygens (including phenoxy) is 2. The van der Waals surface area contributed by atoms with Gasteiger partial charge in [-0.25, -0.2) is 5.43 Å². The van der Waals surface area contributed by atoms with Crippen molar-refractivity contribution in [1.82, 2.24) is 15.6 Å². The van der Waals surface area contributed by atoms with Crippen molar-refractivity contribution in [3.8, 4) is 23.0 Å². The van der Waals surface area contributed by atoms with Crippen LogP contribution in [0.3, 0.4) is 0 Å². The first-order chi connectivity index (χ1) is 16.3. The number of phenols is 2. The molecule has 0 aliphatic carbocycles. The highest BCUT2D eigenvalue weighted by atomic mass is 16.5. The summed E-state index contributed by atoms with van der Waals surface area (Å²) in [5, 5.41) is 38.3. The summed E-state index contributed by atoms with van der Waals surface area (Å²) >= 11 is 0. The molecule has 0 saturated heterocycles.